The second-order valence-electron chi connectivity index (χ2n) is 18.7. The van der Waals surface area contributed by atoms with Crippen LogP contribution >= 0.6 is 0 Å². The number of nitrogens with zero attached hydrogens (tertiary/aromatic N) is 2. The molecule has 10 aromatic carbocycles. The first kappa shape index (κ1) is 38.3. The largest absolute Gasteiger partial charge is 0.456 e. The fraction of sp³-hybridized carbons (Fsp3) is 0.0462. The minimum Gasteiger partial charge on any atom is -0.456 e. The summed E-state index contributed by atoms with van der Waals surface area (Å²) >= 11 is 0. The van der Waals surface area contributed by atoms with Crippen LogP contribution in [0.3, 0.4) is 0 Å². The summed E-state index contributed by atoms with van der Waals surface area (Å²) < 4.78 is 6.71. The van der Waals surface area contributed by atoms with Crippen LogP contribution < -0.4 is 5.32 Å². The van der Waals surface area contributed by atoms with E-state index in [1.54, 1.807) is 0 Å². The maximum Gasteiger partial charge on any atom is 0.159 e. The number of benzene rings is 10. The van der Waals surface area contributed by atoms with Crippen molar-refractivity contribution < 1.29 is 4.42 Å². The highest BCUT2D eigenvalue weighted by atomic mass is 16.3. The first-order valence-electron chi connectivity index (χ1n) is 23.8. The SMILES string of the molecule is c1ccc(C2=NC(c3cccc(-c4cccc5c4C4(c6ccccc6C6(c7ccccc7-c7ccccc76)c6ccccc64)c4ccc6oc7ccccc7c6c4-5)c3)NC(c3ccccc3)=N2)cc1. The van der Waals surface area contributed by atoms with Gasteiger partial charge in [-0.1, -0.05) is 218 Å². The molecule has 0 amide bonds. The van der Waals surface area contributed by atoms with E-state index in [0.29, 0.717) is 5.84 Å². The minimum atomic E-state index is -0.719. The molecule has 1 aliphatic heterocycles. The molecule has 1 N–H and O–H groups in total. The fourth-order valence-corrected chi connectivity index (χ4v) is 12.8. The summed E-state index contributed by atoms with van der Waals surface area (Å²) in [5.74, 6) is 1.50. The molecule has 0 saturated carbocycles. The minimum absolute atomic E-state index is 0.383. The smallest absolute Gasteiger partial charge is 0.159 e. The fourth-order valence-electron chi connectivity index (χ4n) is 12.8. The Balaban J connectivity index is 1.03. The van der Waals surface area contributed by atoms with Gasteiger partial charge in [0, 0.05) is 21.9 Å². The van der Waals surface area contributed by atoms with Gasteiger partial charge in [-0.05, 0) is 102 Å². The van der Waals surface area contributed by atoms with Gasteiger partial charge >= 0.3 is 0 Å². The summed E-state index contributed by atoms with van der Waals surface area (Å²) in [7, 11) is 0. The lowest BCUT2D eigenvalue weighted by atomic mass is 9.52. The van der Waals surface area contributed by atoms with E-state index < -0.39 is 10.8 Å². The number of hydrogen-bond acceptors (Lipinski definition) is 4. The van der Waals surface area contributed by atoms with Crippen molar-refractivity contribution >= 4 is 33.6 Å². The van der Waals surface area contributed by atoms with Gasteiger partial charge in [-0.3, -0.25) is 0 Å². The Bertz CT molecular complexity index is 3910. The molecule has 4 nitrogen and oxygen atoms in total. The van der Waals surface area contributed by atoms with Crippen LogP contribution in [0.5, 0.6) is 0 Å². The second-order valence-corrected chi connectivity index (χ2v) is 18.7. The number of rotatable bonds is 4. The zero-order valence-corrected chi connectivity index (χ0v) is 37.4. The zero-order chi connectivity index (χ0) is 45.3. The molecule has 2 heterocycles. The summed E-state index contributed by atoms with van der Waals surface area (Å²) in [6.07, 6.45) is -0.383. The van der Waals surface area contributed by atoms with Crippen molar-refractivity contribution in [3.05, 3.63) is 298 Å². The molecule has 69 heavy (non-hydrogen) atoms. The summed E-state index contributed by atoms with van der Waals surface area (Å²) in [5.41, 5.74) is 21.3. The van der Waals surface area contributed by atoms with Crippen LogP contribution in [0.4, 0.5) is 0 Å². The van der Waals surface area contributed by atoms with E-state index in [1.807, 2.05) is 24.3 Å². The Kier molecular flexibility index (Phi) is 7.94. The Morgan fingerprint density at radius 2 is 0.928 bits per heavy atom. The molecule has 2 spiro atoms. The number of amidine groups is 2. The van der Waals surface area contributed by atoms with Crippen LogP contribution in [0.1, 0.15) is 67.4 Å². The third kappa shape index (κ3) is 5.07. The van der Waals surface area contributed by atoms with Gasteiger partial charge < -0.3 is 9.73 Å². The summed E-state index contributed by atoms with van der Waals surface area (Å²) in [6, 6.07) is 86.6. The van der Waals surface area contributed by atoms with Crippen molar-refractivity contribution in [2.24, 2.45) is 9.98 Å². The van der Waals surface area contributed by atoms with E-state index in [9.17, 15) is 0 Å². The molecular weight excluding hydrogens is 839 g/mol. The van der Waals surface area contributed by atoms with E-state index in [4.69, 9.17) is 14.4 Å². The maximum absolute atomic E-state index is 6.71. The third-order valence-corrected chi connectivity index (χ3v) is 15.4. The summed E-state index contributed by atoms with van der Waals surface area (Å²) in [6.45, 7) is 0. The van der Waals surface area contributed by atoms with Gasteiger partial charge in [-0.25, -0.2) is 9.98 Å². The maximum atomic E-state index is 6.71. The van der Waals surface area contributed by atoms with Crippen LogP contribution in [-0.2, 0) is 10.8 Å². The monoisotopic (exact) mass is 879 g/mol. The molecule has 11 aromatic rings. The molecule has 4 heteroatoms. The number of hydrogen-bond donors (Lipinski definition) is 1. The Hall–Kier alpha value is -8.86. The van der Waals surface area contributed by atoms with Gasteiger partial charge in [0.25, 0.3) is 0 Å². The van der Waals surface area contributed by atoms with Gasteiger partial charge in [0.05, 0.1) is 10.8 Å². The zero-order valence-electron chi connectivity index (χ0n) is 37.4. The molecule has 15 rings (SSSR count). The van der Waals surface area contributed by atoms with E-state index in [1.165, 1.54) is 72.3 Å². The molecule has 1 unspecified atom stereocenters. The highest BCUT2D eigenvalue weighted by Crippen LogP contribution is 2.69. The van der Waals surface area contributed by atoms with Gasteiger partial charge in [0.15, 0.2) is 5.84 Å². The van der Waals surface area contributed by atoms with Gasteiger partial charge in [0.1, 0.15) is 23.2 Å². The molecular formula is C65H41N3O. The molecule has 1 aromatic heterocycles. The number of aliphatic imine (C=N–C) groups is 2. The van der Waals surface area contributed by atoms with E-state index in [-0.39, 0.29) is 6.17 Å². The quantitative estimate of drug-likeness (QED) is 0.191. The van der Waals surface area contributed by atoms with Crippen molar-refractivity contribution in [3.8, 4) is 33.4 Å². The molecule has 0 bridgehead atoms. The molecule has 0 saturated heterocycles. The normalized spacial score (nSPS) is 16.2. The average Bonchev–Trinajstić information content (AvgIpc) is 4.06. The van der Waals surface area contributed by atoms with Crippen LogP contribution in [-0.4, -0.2) is 11.7 Å². The molecule has 4 aliphatic rings. The summed E-state index contributed by atoms with van der Waals surface area (Å²) in [5, 5.41) is 6.02. The van der Waals surface area contributed by atoms with Crippen molar-refractivity contribution in [1.29, 1.82) is 0 Å². The number of furan rings is 1. The predicted molar refractivity (Wildman–Crippen MR) is 279 cm³/mol. The van der Waals surface area contributed by atoms with Crippen LogP contribution in [0.2, 0.25) is 0 Å². The Morgan fingerprint density at radius 1 is 0.391 bits per heavy atom. The van der Waals surface area contributed by atoms with Gasteiger partial charge in [-0.15, -0.1) is 0 Å². The average molecular weight is 880 g/mol. The predicted octanol–water partition coefficient (Wildman–Crippen LogP) is 14.8. The van der Waals surface area contributed by atoms with Crippen molar-refractivity contribution in [2.45, 2.75) is 17.0 Å². The molecule has 1 atom stereocenters. The lowest BCUT2D eigenvalue weighted by Crippen LogP contribution is -2.44. The van der Waals surface area contributed by atoms with Crippen LogP contribution in [0.25, 0.3) is 55.3 Å². The first-order chi connectivity index (χ1) is 34.2. The number of nitrogens with one attached hydrogen (secondary N) is 1. The van der Waals surface area contributed by atoms with Crippen molar-refractivity contribution in [2.75, 3.05) is 0 Å². The molecule has 0 radical (unpaired) electrons. The third-order valence-electron chi connectivity index (χ3n) is 15.4. The topological polar surface area (TPSA) is 49.9 Å². The van der Waals surface area contributed by atoms with Crippen molar-refractivity contribution in [1.82, 2.24) is 5.32 Å². The van der Waals surface area contributed by atoms with Crippen molar-refractivity contribution in [3.63, 3.8) is 0 Å². The Morgan fingerprint density at radius 3 is 1.62 bits per heavy atom. The summed E-state index contributed by atoms with van der Waals surface area (Å²) in [4.78, 5) is 10.4. The highest BCUT2D eigenvalue weighted by molar-refractivity contribution is 6.17. The standard InChI is InChI=1S/C65H41N3O/c1-3-19-40(20-4-1)61-66-62(41-21-5-2-6-22-41)68-63(67-61)43-24-17-23-42(39-43)44-28-18-29-48-58-55(37-38-57-59(58)47-27-9-16-36-56(47)69-57)65(60(44)48)53-34-14-12-32-51(53)64(52-33-13-15-35-54(52)65)49-30-10-7-25-45(49)46-26-8-11-31-50(46)64/h1-39,63H,(H,66,67,68). The molecule has 3 aliphatic carbocycles. The van der Waals surface area contributed by atoms with E-state index >= 15 is 0 Å². The second kappa shape index (κ2) is 14.3. The van der Waals surface area contributed by atoms with Gasteiger partial charge in [0.2, 0.25) is 0 Å². The number of fused-ring (bicyclic) bond motifs is 20. The van der Waals surface area contributed by atoms with E-state index in [0.717, 1.165) is 50.0 Å². The van der Waals surface area contributed by atoms with Crippen LogP contribution in [0, 0.1) is 0 Å². The molecule has 0 fully saturated rings. The first-order valence-corrected chi connectivity index (χ1v) is 23.8. The van der Waals surface area contributed by atoms with Gasteiger partial charge in [-0.2, -0.15) is 0 Å². The Labute approximate surface area is 399 Å². The van der Waals surface area contributed by atoms with E-state index in [2.05, 4.69) is 218 Å². The highest BCUT2D eigenvalue weighted by Gasteiger charge is 2.59. The number of para-hydroxylation sites is 1. The molecule has 322 valence electrons. The lowest BCUT2D eigenvalue weighted by molar-refractivity contribution is 0.633. The lowest BCUT2D eigenvalue weighted by Gasteiger charge is -2.49. The van der Waals surface area contributed by atoms with Crippen LogP contribution in [0.15, 0.2) is 251 Å².